The van der Waals surface area contributed by atoms with Gasteiger partial charge in [-0.1, -0.05) is 38.5 Å². The molecule has 0 spiro atoms. The first-order valence-corrected chi connectivity index (χ1v) is 17.4. The fourth-order valence-electron chi connectivity index (χ4n) is 4.24. The molecule has 0 saturated carbocycles. The van der Waals surface area contributed by atoms with E-state index in [1.807, 2.05) is 0 Å². The molecular formula is C14H24F6O6S2Si2. The molecule has 0 amide bonds. The number of alkyl halides is 6. The van der Waals surface area contributed by atoms with Crippen molar-refractivity contribution >= 4 is 36.9 Å². The van der Waals surface area contributed by atoms with Gasteiger partial charge in [0.05, 0.1) is 0 Å². The first-order chi connectivity index (χ1) is 13.5. The second kappa shape index (κ2) is 8.99. The highest BCUT2D eigenvalue weighted by molar-refractivity contribution is 7.89. The number of hydrogen-bond acceptors (Lipinski definition) is 6. The molecule has 3 rings (SSSR count). The van der Waals surface area contributed by atoms with E-state index in [0.717, 1.165) is 0 Å². The molecule has 0 aromatic rings. The molecule has 3 aliphatic heterocycles. The molecule has 3 heterocycles. The first-order valence-electron chi connectivity index (χ1n) is 9.57. The second-order valence-electron chi connectivity index (χ2n) is 7.95. The van der Waals surface area contributed by atoms with Gasteiger partial charge in [0.25, 0.3) is 0 Å². The fourth-order valence-corrected chi connectivity index (χ4v) is 17.6. The van der Waals surface area contributed by atoms with Gasteiger partial charge in [-0.2, -0.15) is 43.2 Å². The predicted molar refractivity (Wildman–Crippen MR) is 100 cm³/mol. The SMILES string of the molecule is O=S(=O)(O[Si]12CCCC[Si](OS(=O)(=O)C(F)(F)F)(CCCC1)CCCC2)C(F)(F)F. The zero-order chi connectivity index (χ0) is 22.9. The average Bonchev–Trinajstić information content (AvgIpc) is 2.57. The molecule has 3 fully saturated rings. The van der Waals surface area contributed by atoms with Crippen molar-refractivity contribution in [1.82, 2.24) is 0 Å². The van der Waals surface area contributed by atoms with Crippen LogP contribution in [0.15, 0.2) is 0 Å². The van der Waals surface area contributed by atoms with Gasteiger partial charge in [-0.15, -0.1) is 0 Å². The van der Waals surface area contributed by atoms with Crippen LogP contribution in [0, 0.1) is 0 Å². The lowest BCUT2D eigenvalue weighted by molar-refractivity contribution is -0.0509. The Morgan fingerprint density at radius 1 is 0.500 bits per heavy atom. The fraction of sp³-hybridized carbons (Fsp3) is 1.00. The van der Waals surface area contributed by atoms with E-state index in [1.54, 1.807) is 0 Å². The minimum atomic E-state index is -5.73. The maximum atomic E-state index is 12.9. The zero-order valence-electron chi connectivity index (χ0n) is 16.0. The smallest absolute Gasteiger partial charge is 0.308 e. The number of halogens is 6. The highest BCUT2D eigenvalue weighted by atomic mass is 32.2. The predicted octanol–water partition coefficient (Wildman–Crippen LogP) is 4.98. The van der Waals surface area contributed by atoms with Gasteiger partial charge in [-0.3, -0.25) is 0 Å². The monoisotopic (exact) mass is 522 g/mol. The maximum Gasteiger partial charge on any atom is 0.522 e. The standard InChI is InChI=1S/C14H24F6O6S2Si2/c15-13(16,17)27(21,22)25-29-7-1-2-8-30(11-5-3-9-29,12-6-4-10-29)26-28(23,24)14(18,19)20/h1-12H2. The minimum absolute atomic E-state index is 0.124. The van der Waals surface area contributed by atoms with E-state index in [0.29, 0.717) is 0 Å². The first kappa shape index (κ1) is 26.1. The molecule has 178 valence electrons. The third-order valence-corrected chi connectivity index (χ3v) is 19.0. The van der Waals surface area contributed by atoms with Crippen molar-refractivity contribution in [2.24, 2.45) is 0 Å². The molecular weight excluding hydrogens is 498 g/mol. The summed E-state index contributed by atoms with van der Waals surface area (Å²) in [6.07, 6.45) is 1.52. The maximum absolute atomic E-state index is 12.9. The Hall–Kier alpha value is -0.166. The van der Waals surface area contributed by atoms with Crippen molar-refractivity contribution < 1.29 is 50.9 Å². The van der Waals surface area contributed by atoms with Crippen LogP contribution in [0.2, 0.25) is 36.3 Å². The van der Waals surface area contributed by atoms with Gasteiger partial charge in [0.15, 0.2) is 0 Å². The summed E-state index contributed by atoms with van der Waals surface area (Å²) < 4.78 is 134. The summed E-state index contributed by atoms with van der Waals surface area (Å²) in [4.78, 5) is 0. The summed E-state index contributed by atoms with van der Waals surface area (Å²) in [5.74, 6) is 0. The molecule has 2 bridgehead atoms. The van der Waals surface area contributed by atoms with E-state index in [9.17, 15) is 43.2 Å². The van der Waals surface area contributed by atoms with Crippen molar-refractivity contribution in [2.45, 2.75) is 85.8 Å². The number of hydrogen-bond donors (Lipinski definition) is 0. The molecule has 3 aliphatic rings. The van der Waals surface area contributed by atoms with Gasteiger partial charge < -0.3 is 7.74 Å². The molecule has 3 saturated heterocycles. The average molecular weight is 523 g/mol. The largest absolute Gasteiger partial charge is 0.522 e. The zero-order valence-corrected chi connectivity index (χ0v) is 19.7. The van der Waals surface area contributed by atoms with Gasteiger partial charge in [0.2, 0.25) is 16.6 Å². The van der Waals surface area contributed by atoms with Crippen LogP contribution in [-0.4, -0.2) is 44.5 Å². The Balaban J connectivity index is 2.27. The lowest BCUT2D eigenvalue weighted by Gasteiger charge is -2.37. The van der Waals surface area contributed by atoms with Crippen LogP contribution in [0.4, 0.5) is 26.3 Å². The van der Waals surface area contributed by atoms with Crippen LogP contribution >= 0.6 is 0 Å². The molecule has 6 nitrogen and oxygen atoms in total. The summed E-state index contributed by atoms with van der Waals surface area (Å²) >= 11 is 0. The van der Waals surface area contributed by atoms with E-state index in [1.165, 1.54) is 0 Å². The van der Waals surface area contributed by atoms with Gasteiger partial charge in [0, 0.05) is 0 Å². The van der Waals surface area contributed by atoms with E-state index < -0.39 is 47.9 Å². The molecule has 16 heteroatoms. The van der Waals surface area contributed by atoms with Crippen LogP contribution in [0.25, 0.3) is 0 Å². The molecule has 0 N–H and O–H groups in total. The van der Waals surface area contributed by atoms with Gasteiger partial charge in [0.1, 0.15) is 0 Å². The van der Waals surface area contributed by atoms with E-state index in [2.05, 4.69) is 0 Å². The third-order valence-electron chi connectivity index (χ3n) is 5.68. The Morgan fingerprint density at radius 2 is 0.700 bits per heavy atom. The molecule has 0 atom stereocenters. The normalized spacial score (nSPS) is 30.5. The van der Waals surface area contributed by atoms with Crippen molar-refractivity contribution in [3.8, 4) is 0 Å². The van der Waals surface area contributed by atoms with Crippen molar-refractivity contribution in [3.63, 3.8) is 0 Å². The summed E-state index contributed by atoms with van der Waals surface area (Å²) in [6.45, 7) is 0. The lowest BCUT2D eigenvalue weighted by Crippen LogP contribution is -2.47. The summed E-state index contributed by atoms with van der Waals surface area (Å²) in [5.41, 5.74) is -11.0. The van der Waals surface area contributed by atoms with Gasteiger partial charge in [-0.05, 0) is 36.3 Å². The van der Waals surface area contributed by atoms with Crippen molar-refractivity contribution in [3.05, 3.63) is 0 Å². The summed E-state index contributed by atoms with van der Waals surface area (Å²) in [6, 6.07) is 0.743. The summed E-state index contributed by atoms with van der Waals surface area (Å²) in [7, 11) is -18.1. The topological polar surface area (TPSA) is 86.7 Å². The number of fused-ring (bicyclic) bond motifs is 9. The highest BCUT2D eigenvalue weighted by Crippen LogP contribution is 2.42. The van der Waals surface area contributed by atoms with Crippen LogP contribution in [0.5, 0.6) is 0 Å². The molecule has 0 aromatic carbocycles. The van der Waals surface area contributed by atoms with Crippen molar-refractivity contribution in [2.75, 3.05) is 0 Å². The molecule has 30 heavy (non-hydrogen) atoms. The van der Waals surface area contributed by atoms with Crippen LogP contribution in [0.3, 0.4) is 0 Å². The quantitative estimate of drug-likeness (QED) is 0.294. The van der Waals surface area contributed by atoms with E-state index in [4.69, 9.17) is 7.74 Å². The Bertz CT molecular complexity index is 710. The number of rotatable bonds is 4. The van der Waals surface area contributed by atoms with E-state index >= 15 is 0 Å². The van der Waals surface area contributed by atoms with Gasteiger partial charge in [-0.25, -0.2) is 0 Å². The lowest BCUT2D eigenvalue weighted by atomic mass is 10.3. The Morgan fingerprint density at radius 3 is 0.867 bits per heavy atom. The van der Waals surface area contributed by atoms with Crippen LogP contribution < -0.4 is 0 Å². The third kappa shape index (κ3) is 6.20. The minimum Gasteiger partial charge on any atom is -0.308 e. The molecule has 0 radical (unpaired) electrons. The highest BCUT2D eigenvalue weighted by Gasteiger charge is 2.55. The molecule has 0 aromatic heterocycles. The Labute approximate surface area is 173 Å². The van der Waals surface area contributed by atoms with Crippen LogP contribution in [-0.2, 0) is 28.0 Å². The van der Waals surface area contributed by atoms with Crippen LogP contribution in [0.1, 0.15) is 38.5 Å². The Kier molecular flexibility index (Phi) is 7.82. The van der Waals surface area contributed by atoms with Gasteiger partial charge >= 0.3 is 31.3 Å². The summed E-state index contributed by atoms with van der Waals surface area (Å²) in [5, 5.41) is 0. The van der Waals surface area contributed by atoms with E-state index in [-0.39, 0.29) is 74.8 Å². The van der Waals surface area contributed by atoms with Crippen molar-refractivity contribution in [1.29, 1.82) is 0 Å². The molecule has 0 aliphatic carbocycles. The second-order valence-corrected chi connectivity index (χ2v) is 19.8. The molecule has 0 unspecified atom stereocenters.